The van der Waals surface area contributed by atoms with Gasteiger partial charge in [0.15, 0.2) is 0 Å². The molecule has 1 unspecified atom stereocenters. The number of imidazole rings is 1. The first-order chi connectivity index (χ1) is 8.01. The molecule has 0 bridgehead atoms. The smallest absolute Gasteiger partial charge is 0.111 e. The Labute approximate surface area is 102 Å². The molecule has 0 amide bonds. The summed E-state index contributed by atoms with van der Waals surface area (Å²) in [6.07, 6.45) is 6.66. The van der Waals surface area contributed by atoms with Crippen LogP contribution < -0.4 is 0 Å². The molecule has 1 atom stereocenters. The maximum absolute atomic E-state index is 10.5. The van der Waals surface area contributed by atoms with Gasteiger partial charge in [0.05, 0.1) is 11.7 Å². The van der Waals surface area contributed by atoms with Crippen LogP contribution in [0.2, 0.25) is 0 Å². The largest absolute Gasteiger partial charge is 0.390 e. The summed E-state index contributed by atoms with van der Waals surface area (Å²) in [7, 11) is 1.90. The molecular weight excluding hydrogens is 216 g/mol. The molecule has 1 saturated carbocycles. The molecule has 0 aliphatic heterocycles. The number of aryl methyl sites for hydroxylation is 1. The molecule has 0 aromatic carbocycles. The van der Waals surface area contributed by atoms with E-state index in [0.717, 1.165) is 18.7 Å². The van der Waals surface area contributed by atoms with Crippen molar-refractivity contribution in [1.82, 2.24) is 9.55 Å². The fraction of sp³-hybridized carbons (Fsp3) is 0.769. The number of rotatable bonds is 3. The van der Waals surface area contributed by atoms with Crippen molar-refractivity contribution in [3.8, 4) is 0 Å². The molecule has 96 valence electrons. The zero-order valence-electron chi connectivity index (χ0n) is 10.6. The number of aromatic nitrogens is 2. The maximum atomic E-state index is 10.5. The summed E-state index contributed by atoms with van der Waals surface area (Å²) < 4.78 is 1.89. The molecule has 1 fully saturated rings. The topological polar surface area (TPSA) is 58.3 Å². The van der Waals surface area contributed by atoms with Crippen molar-refractivity contribution in [3.05, 3.63) is 18.2 Å². The van der Waals surface area contributed by atoms with Crippen LogP contribution in [0.5, 0.6) is 0 Å². The third-order valence-electron chi connectivity index (χ3n) is 4.06. The van der Waals surface area contributed by atoms with Crippen LogP contribution in [0.1, 0.15) is 38.4 Å². The Kier molecular flexibility index (Phi) is 3.54. The third kappa shape index (κ3) is 2.69. The zero-order valence-corrected chi connectivity index (χ0v) is 10.6. The number of nitrogens with zero attached hydrogens (tertiary/aromatic N) is 2. The SMILES string of the molecule is CC1CCC(O)(C(O)Cc2nccn2C)CC1. The van der Waals surface area contributed by atoms with Crippen molar-refractivity contribution < 1.29 is 10.2 Å². The molecule has 2 N–H and O–H groups in total. The van der Waals surface area contributed by atoms with E-state index in [2.05, 4.69) is 11.9 Å². The minimum atomic E-state index is -0.918. The third-order valence-corrected chi connectivity index (χ3v) is 4.06. The second-order valence-electron chi connectivity index (χ2n) is 5.46. The van der Waals surface area contributed by atoms with Gasteiger partial charge < -0.3 is 14.8 Å². The molecule has 0 spiro atoms. The minimum Gasteiger partial charge on any atom is -0.390 e. The Hall–Kier alpha value is -0.870. The van der Waals surface area contributed by atoms with E-state index >= 15 is 0 Å². The summed E-state index contributed by atoms with van der Waals surface area (Å²) in [5.41, 5.74) is -0.918. The number of hydrogen-bond donors (Lipinski definition) is 2. The van der Waals surface area contributed by atoms with Crippen LogP contribution in [-0.4, -0.2) is 31.5 Å². The Morgan fingerprint density at radius 1 is 1.53 bits per heavy atom. The van der Waals surface area contributed by atoms with E-state index in [0.29, 0.717) is 25.2 Å². The molecule has 1 aliphatic carbocycles. The molecule has 0 saturated heterocycles. The highest BCUT2D eigenvalue weighted by Gasteiger charge is 2.38. The van der Waals surface area contributed by atoms with Crippen molar-refractivity contribution in [2.75, 3.05) is 0 Å². The molecule has 4 heteroatoms. The van der Waals surface area contributed by atoms with E-state index in [1.165, 1.54) is 0 Å². The summed E-state index contributed by atoms with van der Waals surface area (Å²) in [5.74, 6) is 1.49. The average Bonchev–Trinajstić information content (AvgIpc) is 2.69. The van der Waals surface area contributed by atoms with Gasteiger partial charge in [0.25, 0.3) is 0 Å². The van der Waals surface area contributed by atoms with Gasteiger partial charge in [0.2, 0.25) is 0 Å². The van der Waals surface area contributed by atoms with Crippen LogP contribution in [0.25, 0.3) is 0 Å². The monoisotopic (exact) mass is 238 g/mol. The molecule has 1 aromatic heterocycles. The summed E-state index contributed by atoms with van der Waals surface area (Å²) in [6, 6.07) is 0. The van der Waals surface area contributed by atoms with Gasteiger partial charge in [0, 0.05) is 25.9 Å². The fourth-order valence-corrected chi connectivity index (χ4v) is 2.55. The minimum absolute atomic E-state index is 0.425. The highest BCUT2D eigenvalue weighted by atomic mass is 16.3. The lowest BCUT2D eigenvalue weighted by atomic mass is 9.76. The van der Waals surface area contributed by atoms with Gasteiger partial charge in [-0.3, -0.25) is 0 Å². The van der Waals surface area contributed by atoms with E-state index in [4.69, 9.17) is 0 Å². The first kappa shape index (κ1) is 12.6. The second kappa shape index (κ2) is 4.78. The molecular formula is C13H22N2O2. The van der Waals surface area contributed by atoms with E-state index < -0.39 is 11.7 Å². The predicted molar refractivity (Wildman–Crippen MR) is 65.5 cm³/mol. The molecule has 1 aromatic rings. The van der Waals surface area contributed by atoms with Crippen LogP contribution in [0.4, 0.5) is 0 Å². The predicted octanol–water partition coefficient (Wildman–Crippen LogP) is 1.26. The molecule has 17 heavy (non-hydrogen) atoms. The van der Waals surface area contributed by atoms with Crippen molar-refractivity contribution in [3.63, 3.8) is 0 Å². The average molecular weight is 238 g/mol. The Balaban J connectivity index is 2.00. The van der Waals surface area contributed by atoms with E-state index in [-0.39, 0.29) is 0 Å². The lowest BCUT2D eigenvalue weighted by Gasteiger charge is -2.38. The van der Waals surface area contributed by atoms with Gasteiger partial charge >= 0.3 is 0 Å². The molecule has 2 rings (SSSR count). The first-order valence-electron chi connectivity index (χ1n) is 6.38. The van der Waals surface area contributed by atoms with Crippen LogP contribution >= 0.6 is 0 Å². The van der Waals surface area contributed by atoms with Crippen LogP contribution in [0.3, 0.4) is 0 Å². The lowest BCUT2D eigenvalue weighted by Crippen LogP contribution is -2.46. The Bertz CT molecular complexity index is 367. The van der Waals surface area contributed by atoms with Gasteiger partial charge in [-0.15, -0.1) is 0 Å². The summed E-state index contributed by atoms with van der Waals surface area (Å²) in [6.45, 7) is 2.20. The van der Waals surface area contributed by atoms with E-state index in [1.54, 1.807) is 6.20 Å². The Morgan fingerprint density at radius 3 is 2.71 bits per heavy atom. The number of hydrogen-bond acceptors (Lipinski definition) is 3. The van der Waals surface area contributed by atoms with Crippen molar-refractivity contribution in [2.45, 2.75) is 50.7 Å². The quantitative estimate of drug-likeness (QED) is 0.833. The van der Waals surface area contributed by atoms with Crippen molar-refractivity contribution >= 4 is 0 Å². The van der Waals surface area contributed by atoms with Crippen LogP contribution in [-0.2, 0) is 13.5 Å². The second-order valence-corrected chi connectivity index (χ2v) is 5.46. The maximum Gasteiger partial charge on any atom is 0.111 e. The highest BCUT2D eigenvalue weighted by Crippen LogP contribution is 2.34. The summed E-state index contributed by atoms with van der Waals surface area (Å²) >= 11 is 0. The molecule has 1 aliphatic rings. The lowest BCUT2D eigenvalue weighted by molar-refractivity contribution is -0.103. The van der Waals surface area contributed by atoms with Crippen molar-refractivity contribution in [1.29, 1.82) is 0 Å². The van der Waals surface area contributed by atoms with Crippen LogP contribution in [0.15, 0.2) is 12.4 Å². The fourth-order valence-electron chi connectivity index (χ4n) is 2.55. The summed E-state index contributed by atoms with van der Waals surface area (Å²) in [4.78, 5) is 4.19. The number of aliphatic hydroxyl groups is 2. The highest BCUT2D eigenvalue weighted by molar-refractivity contribution is 4.99. The van der Waals surface area contributed by atoms with Gasteiger partial charge in [0.1, 0.15) is 5.82 Å². The summed E-state index contributed by atoms with van der Waals surface area (Å²) in [5, 5.41) is 20.7. The van der Waals surface area contributed by atoms with Gasteiger partial charge in [-0.25, -0.2) is 4.98 Å². The standard InChI is InChI=1S/C13H22N2O2/c1-10-3-5-13(17,6-4-10)11(16)9-12-14-7-8-15(12)2/h7-8,10-11,16-17H,3-6,9H2,1-2H3. The van der Waals surface area contributed by atoms with Gasteiger partial charge in [-0.2, -0.15) is 0 Å². The van der Waals surface area contributed by atoms with Crippen molar-refractivity contribution in [2.24, 2.45) is 13.0 Å². The van der Waals surface area contributed by atoms with Gasteiger partial charge in [-0.05, 0) is 31.6 Å². The Morgan fingerprint density at radius 2 is 2.18 bits per heavy atom. The van der Waals surface area contributed by atoms with Crippen LogP contribution in [0, 0.1) is 5.92 Å². The molecule has 0 radical (unpaired) electrons. The zero-order chi connectivity index (χ0) is 12.5. The van der Waals surface area contributed by atoms with E-state index in [1.807, 2.05) is 17.8 Å². The first-order valence-corrected chi connectivity index (χ1v) is 6.38. The molecule has 4 nitrogen and oxygen atoms in total. The normalized spacial score (nSPS) is 31.4. The number of aliphatic hydroxyl groups excluding tert-OH is 1. The molecule has 1 heterocycles. The van der Waals surface area contributed by atoms with Gasteiger partial charge in [-0.1, -0.05) is 6.92 Å². The van der Waals surface area contributed by atoms with E-state index in [9.17, 15) is 10.2 Å².